The molecule has 0 N–H and O–H groups in total. The highest BCUT2D eigenvalue weighted by atomic mass is 16.6. The minimum atomic E-state index is -0.198. The van der Waals surface area contributed by atoms with Gasteiger partial charge in [0, 0.05) is 18.3 Å². The van der Waals surface area contributed by atoms with Crippen molar-refractivity contribution in [3.05, 3.63) is 54.1 Å². The number of rotatable bonds is 7. The zero-order chi connectivity index (χ0) is 17.4. The standard InChI is InChI=1S/C18H20N2O4/c1-20(15-9-5-4-6-10-15)17(21)13-24-19-12-14-8-7-11-16(22-2)18(14)23-3/h4-12H,13H2,1-3H3/b19-12-. The van der Waals surface area contributed by atoms with Crippen molar-refractivity contribution in [2.75, 3.05) is 32.8 Å². The zero-order valence-corrected chi connectivity index (χ0v) is 13.9. The number of hydrogen-bond donors (Lipinski definition) is 0. The van der Waals surface area contributed by atoms with E-state index in [9.17, 15) is 4.79 Å². The molecule has 126 valence electrons. The lowest BCUT2D eigenvalue weighted by Gasteiger charge is -2.16. The third-order valence-electron chi connectivity index (χ3n) is 3.41. The van der Waals surface area contributed by atoms with Crippen LogP contribution in [0.15, 0.2) is 53.7 Å². The number of hydrogen-bond acceptors (Lipinski definition) is 5. The molecule has 0 heterocycles. The van der Waals surface area contributed by atoms with E-state index in [1.54, 1.807) is 27.3 Å². The molecular weight excluding hydrogens is 308 g/mol. The molecule has 0 aromatic heterocycles. The Kier molecular flexibility index (Phi) is 6.19. The molecule has 0 atom stereocenters. The lowest BCUT2D eigenvalue weighted by Crippen LogP contribution is -2.29. The van der Waals surface area contributed by atoms with E-state index in [0.29, 0.717) is 17.1 Å². The quantitative estimate of drug-likeness (QED) is 0.579. The van der Waals surface area contributed by atoms with E-state index in [1.807, 2.05) is 42.5 Å². The summed E-state index contributed by atoms with van der Waals surface area (Å²) in [5, 5.41) is 3.83. The van der Waals surface area contributed by atoms with Crippen molar-refractivity contribution in [2.45, 2.75) is 0 Å². The molecule has 0 aliphatic carbocycles. The van der Waals surface area contributed by atoms with Gasteiger partial charge in [-0.05, 0) is 24.3 Å². The second-order valence-electron chi connectivity index (χ2n) is 4.88. The monoisotopic (exact) mass is 328 g/mol. The Morgan fingerprint density at radius 1 is 1.08 bits per heavy atom. The first-order valence-electron chi connectivity index (χ1n) is 7.35. The van der Waals surface area contributed by atoms with Crippen LogP contribution < -0.4 is 14.4 Å². The molecule has 0 spiro atoms. The number of nitrogens with zero attached hydrogens (tertiary/aromatic N) is 2. The minimum Gasteiger partial charge on any atom is -0.493 e. The number of methoxy groups -OCH3 is 2. The zero-order valence-electron chi connectivity index (χ0n) is 13.9. The van der Waals surface area contributed by atoms with Gasteiger partial charge < -0.3 is 19.2 Å². The second kappa shape index (κ2) is 8.57. The maximum atomic E-state index is 12.1. The molecule has 0 saturated heterocycles. The van der Waals surface area contributed by atoms with Crippen molar-refractivity contribution in [3.63, 3.8) is 0 Å². The van der Waals surface area contributed by atoms with Crippen LogP contribution in [0.2, 0.25) is 0 Å². The molecule has 0 unspecified atom stereocenters. The van der Waals surface area contributed by atoms with Gasteiger partial charge in [0.05, 0.1) is 20.4 Å². The van der Waals surface area contributed by atoms with E-state index in [1.165, 1.54) is 11.1 Å². The molecule has 0 saturated carbocycles. The van der Waals surface area contributed by atoms with Crippen LogP contribution in [0.25, 0.3) is 0 Å². The largest absolute Gasteiger partial charge is 0.493 e. The summed E-state index contributed by atoms with van der Waals surface area (Å²) in [5.41, 5.74) is 1.49. The van der Waals surface area contributed by atoms with Crippen LogP contribution in [0.3, 0.4) is 0 Å². The number of benzene rings is 2. The molecule has 6 nitrogen and oxygen atoms in total. The molecule has 2 aromatic rings. The normalized spacial score (nSPS) is 10.5. The lowest BCUT2D eigenvalue weighted by atomic mass is 10.2. The van der Waals surface area contributed by atoms with Crippen LogP contribution in [0.1, 0.15) is 5.56 Å². The van der Waals surface area contributed by atoms with Gasteiger partial charge in [-0.1, -0.05) is 29.4 Å². The highest BCUT2D eigenvalue weighted by Gasteiger charge is 2.11. The van der Waals surface area contributed by atoms with Crippen molar-refractivity contribution >= 4 is 17.8 Å². The van der Waals surface area contributed by atoms with Crippen LogP contribution in [0.4, 0.5) is 5.69 Å². The maximum Gasteiger partial charge on any atom is 0.267 e. The summed E-state index contributed by atoms with van der Waals surface area (Å²) in [4.78, 5) is 18.7. The van der Waals surface area contributed by atoms with Crippen LogP contribution in [-0.2, 0) is 9.63 Å². The Morgan fingerprint density at radius 3 is 2.50 bits per heavy atom. The summed E-state index contributed by atoms with van der Waals surface area (Å²) in [6.07, 6.45) is 1.48. The fraction of sp³-hybridized carbons (Fsp3) is 0.222. The van der Waals surface area contributed by atoms with E-state index >= 15 is 0 Å². The van der Waals surface area contributed by atoms with E-state index in [2.05, 4.69) is 5.16 Å². The van der Waals surface area contributed by atoms with Gasteiger partial charge in [-0.3, -0.25) is 4.79 Å². The number of para-hydroxylation sites is 2. The van der Waals surface area contributed by atoms with Crippen molar-refractivity contribution in [3.8, 4) is 11.5 Å². The average Bonchev–Trinajstić information content (AvgIpc) is 2.64. The van der Waals surface area contributed by atoms with Gasteiger partial charge in [-0.15, -0.1) is 0 Å². The lowest BCUT2D eigenvalue weighted by molar-refractivity contribution is -0.122. The maximum absolute atomic E-state index is 12.1. The van der Waals surface area contributed by atoms with E-state index in [0.717, 1.165) is 5.69 Å². The molecular formula is C18H20N2O4. The molecule has 0 aliphatic heterocycles. The van der Waals surface area contributed by atoms with E-state index in [-0.39, 0.29) is 12.5 Å². The van der Waals surface area contributed by atoms with Crippen LogP contribution in [-0.4, -0.2) is 40.0 Å². The van der Waals surface area contributed by atoms with E-state index < -0.39 is 0 Å². The molecule has 6 heteroatoms. The number of ether oxygens (including phenoxy) is 2. The third kappa shape index (κ3) is 4.25. The number of likely N-dealkylation sites (N-methyl/N-ethyl adjacent to an activating group) is 1. The molecule has 1 amide bonds. The van der Waals surface area contributed by atoms with Gasteiger partial charge in [0.2, 0.25) is 0 Å². The molecule has 0 radical (unpaired) electrons. The molecule has 0 bridgehead atoms. The van der Waals surface area contributed by atoms with Gasteiger partial charge >= 0.3 is 0 Å². The Bertz CT molecular complexity index is 701. The number of amides is 1. The van der Waals surface area contributed by atoms with Gasteiger partial charge in [0.1, 0.15) is 0 Å². The number of carbonyl (C=O) groups excluding carboxylic acids is 1. The molecule has 0 fully saturated rings. The topological polar surface area (TPSA) is 60.4 Å². The minimum absolute atomic E-state index is 0.159. The second-order valence-corrected chi connectivity index (χ2v) is 4.88. The Morgan fingerprint density at radius 2 is 1.83 bits per heavy atom. The van der Waals surface area contributed by atoms with Crippen LogP contribution >= 0.6 is 0 Å². The predicted molar refractivity (Wildman–Crippen MR) is 92.9 cm³/mol. The number of anilines is 1. The Labute approximate surface area is 141 Å². The Hall–Kier alpha value is -3.02. The summed E-state index contributed by atoms with van der Waals surface area (Å²) in [6, 6.07) is 14.7. The van der Waals surface area contributed by atoms with Gasteiger partial charge in [0.15, 0.2) is 18.1 Å². The summed E-state index contributed by atoms with van der Waals surface area (Å²) >= 11 is 0. The summed E-state index contributed by atoms with van der Waals surface area (Å²) in [6.45, 7) is -0.159. The predicted octanol–water partition coefficient (Wildman–Crippen LogP) is 2.72. The van der Waals surface area contributed by atoms with Crippen molar-refractivity contribution in [1.82, 2.24) is 0 Å². The third-order valence-corrected chi connectivity index (χ3v) is 3.41. The highest BCUT2D eigenvalue weighted by Crippen LogP contribution is 2.29. The first-order chi connectivity index (χ1) is 11.7. The van der Waals surface area contributed by atoms with Crippen LogP contribution in [0.5, 0.6) is 11.5 Å². The molecule has 0 aliphatic rings. The first-order valence-corrected chi connectivity index (χ1v) is 7.35. The van der Waals surface area contributed by atoms with Gasteiger partial charge in [-0.2, -0.15) is 0 Å². The summed E-state index contributed by atoms with van der Waals surface area (Å²) in [7, 11) is 4.80. The number of oxime groups is 1. The molecule has 2 rings (SSSR count). The Balaban J connectivity index is 1.94. The van der Waals surface area contributed by atoms with Gasteiger partial charge in [0.25, 0.3) is 5.91 Å². The summed E-state index contributed by atoms with van der Waals surface area (Å²) < 4.78 is 10.5. The van der Waals surface area contributed by atoms with E-state index in [4.69, 9.17) is 14.3 Å². The van der Waals surface area contributed by atoms with Crippen molar-refractivity contribution in [2.24, 2.45) is 5.16 Å². The smallest absolute Gasteiger partial charge is 0.267 e. The first kappa shape index (κ1) is 17.3. The molecule has 24 heavy (non-hydrogen) atoms. The average molecular weight is 328 g/mol. The highest BCUT2D eigenvalue weighted by molar-refractivity contribution is 5.93. The van der Waals surface area contributed by atoms with Gasteiger partial charge in [-0.25, -0.2) is 0 Å². The fourth-order valence-electron chi connectivity index (χ4n) is 2.09. The van der Waals surface area contributed by atoms with Crippen LogP contribution in [0, 0.1) is 0 Å². The molecule has 2 aromatic carbocycles. The summed E-state index contributed by atoms with van der Waals surface area (Å²) in [5.74, 6) is 0.956. The number of carbonyl (C=O) groups is 1. The van der Waals surface area contributed by atoms with Crippen molar-refractivity contribution < 1.29 is 19.1 Å². The SMILES string of the molecule is COc1cccc(/C=N\OCC(=O)N(C)c2ccccc2)c1OC. The fourth-order valence-corrected chi connectivity index (χ4v) is 2.09. The van der Waals surface area contributed by atoms with Crippen molar-refractivity contribution in [1.29, 1.82) is 0 Å².